The Hall–Kier alpha value is -3.70. The average Bonchev–Trinajstić information content (AvgIpc) is 3.53. The molecule has 0 N–H and O–H groups in total. The Morgan fingerprint density at radius 1 is 0.872 bits per heavy atom. The van der Waals surface area contributed by atoms with Crippen LogP contribution in [0, 0.1) is 11.8 Å². The molecule has 0 unspecified atom stereocenters. The summed E-state index contributed by atoms with van der Waals surface area (Å²) in [5.41, 5.74) is 6.31. The highest BCUT2D eigenvalue weighted by atomic mass is 16.7. The molecule has 1 saturated heterocycles. The Bertz CT molecular complexity index is 1430. The highest BCUT2D eigenvalue weighted by Crippen LogP contribution is 2.48. The summed E-state index contributed by atoms with van der Waals surface area (Å²) in [6.45, 7) is 8.82. The summed E-state index contributed by atoms with van der Waals surface area (Å²) >= 11 is 0. The number of benzene rings is 3. The Morgan fingerprint density at radius 3 is 2.13 bits per heavy atom. The third kappa shape index (κ3) is 4.49. The highest BCUT2D eigenvalue weighted by molar-refractivity contribution is 5.88. The molecule has 4 aromatic rings. The van der Waals surface area contributed by atoms with Crippen molar-refractivity contribution in [1.82, 2.24) is 9.78 Å². The van der Waals surface area contributed by atoms with E-state index in [4.69, 9.17) is 9.94 Å². The van der Waals surface area contributed by atoms with E-state index in [0.717, 1.165) is 41.0 Å². The zero-order valence-corrected chi connectivity index (χ0v) is 23.2. The summed E-state index contributed by atoms with van der Waals surface area (Å²) in [5.74, 6) is 0.685. The molecule has 0 bridgehead atoms. The molecule has 39 heavy (non-hydrogen) atoms. The second-order valence-corrected chi connectivity index (χ2v) is 11.4. The second-order valence-electron chi connectivity index (χ2n) is 11.4. The third-order valence-electron chi connectivity index (χ3n) is 8.58. The molecule has 1 aromatic heterocycles. The van der Waals surface area contributed by atoms with Gasteiger partial charge >= 0.3 is 0 Å². The van der Waals surface area contributed by atoms with Crippen molar-refractivity contribution in [3.05, 3.63) is 108 Å². The van der Waals surface area contributed by atoms with Gasteiger partial charge in [0.2, 0.25) is 0 Å². The monoisotopic (exact) mass is 519 g/mol. The Labute approximate surface area is 231 Å². The van der Waals surface area contributed by atoms with Gasteiger partial charge in [-0.15, -0.1) is 0 Å². The number of rotatable bonds is 5. The predicted molar refractivity (Wildman–Crippen MR) is 156 cm³/mol. The zero-order valence-electron chi connectivity index (χ0n) is 23.2. The number of carbonyl (C=O) groups excluding carboxylic acids is 1. The summed E-state index contributed by atoms with van der Waals surface area (Å²) in [6.07, 6.45) is 1.88. The van der Waals surface area contributed by atoms with Gasteiger partial charge < -0.3 is 0 Å². The van der Waals surface area contributed by atoms with E-state index < -0.39 is 5.92 Å². The Kier molecular flexibility index (Phi) is 6.86. The molecule has 200 valence electrons. The van der Waals surface area contributed by atoms with Gasteiger partial charge in [-0.05, 0) is 49.3 Å². The molecule has 1 aliphatic heterocycles. The van der Waals surface area contributed by atoms with Crippen LogP contribution in [-0.2, 0) is 4.84 Å². The van der Waals surface area contributed by atoms with Crippen molar-refractivity contribution >= 4 is 11.6 Å². The molecule has 6 rings (SSSR count). The van der Waals surface area contributed by atoms with Gasteiger partial charge in [-0.3, -0.25) is 9.63 Å². The lowest BCUT2D eigenvalue weighted by molar-refractivity contribution is 0.0620. The van der Waals surface area contributed by atoms with Crippen LogP contribution in [0.15, 0.2) is 91.0 Å². The number of aromatic nitrogens is 2. The van der Waals surface area contributed by atoms with Crippen LogP contribution in [0.25, 0.3) is 11.3 Å². The van der Waals surface area contributed by atoms with Crippen LogP contribution in [0.5, 0.6) is 0 Å². The Morgan fingerprint density at radius 2 is 1.49 bits per heavy atom. The molecule has 0 spiro atoms. The fourth-order valence-corrected chi connectivity index (χ4v) is 6.58. The number of nitrogens with zero attached hydrogens (tertiary/aromatic N) is 3. The van der Waals surface area contributed by atoms with Crippen LogP contribution in [-0.4, -0.2) is 21.8 Å². The Balaban J connectivity index is 1.52. The van der Waals surface area contributed by atoms with Crippen molar-refractivity contribution < 1.29 is 9.63 Å². The van der Waals surface area contributed by atoms with Crippen molar-refractivity contribution in [3.63, 3.8) is 0 Å². The van der Waals surface area contributed by atoms with E-state index in [-0.39, 0.29) is 18.1 Å². The normalized spacial score (nSPS) is 24.6. The lowest BCUT2D eigenvalue weighted by Gasteiger charge is -2.29. The number of hydroxylamine groups is 1. The van der Waals surface area contributed by atoms with E-state index in [2.05, 4.69) is 45.0 Å². The summed E-state index contributed by atoms with van der Waals surface area (Å²) in [7, 11) is 0. The maximum absolute atomic E-state index is 14.8. The maximum Gasteiger partial charge on any atom is 0.255 e. The number of para-hydroxylation sites is 1. The summed E-state index contributed by atoms with van der Waals surface area (Å²) in [4.78, 5) is 21.3. The van der Waals surface area contributed by atoms with Crippen molar-refractivity contribution in [2.45, 2.75) is 64.5 Å². The van der Waals surface area contributed by atoms with Gasteiger partial charge in [0.05, 0.1) is 35.1 Å². The fourth-order valence-electron chi connectivity index (χ4n) is 6.58. The molecule has 0 radical (unpaired) electrons. The molecule has 1 aliphatic carbocycles. The number of fused-ring (bicyclic) bond motifs is 1. The van der Waals surface area contributed by atoms with E-state index >= 15 is 0 Å². The van der Waals surface area contributed by atoms with Crippen LogP contribution in [0.1, 0.15) is 80.0 Å². The van der Waals surface area contributed by atoms with Crippen LogP contribution < -0.4 is 5.06 Å². The zero-order chi connectivity index (χ0) is 27.1. The van der Waals surface area contributed by atoms with E-state index in [1.54, 1.807) is 4.68 Å². The van der Waals surface area contributed by atoms with Gasteiger partial charge in [0, 0.05) is 17.0 Å². The van der Waals surface area contributed by atoms with Gasteiger partial charge in [0.1, 0.15) is 0 Å². The molecule has 1 fully saturated rings. The SMILES string of the molecule is CC(C)[C@H]1CC[C@@H](C)c2c1nn(C(=O)[C@@H]1[C@H](C)ON(c3ccccc3)[C@H]1c1ccccc1)c2-c1ccccc1. The quantitative estimate of drug-likeness (QED) is 0.268. The molecule has 0 amide bonds. The fraction of sp³-hybridized carbons (Fsp3) is 0.353. The molecule has 5 atom stereocenters. The summed E-state index contributed by atoms with van der Waals surface area (Å²) in [6, 6.07) is 30.4. The van der Waals surface area contributed by atoms with E-state index in [1.807, 2.05) is 78.7 Å². The first kappa shape index (κ1) is 25.6. The lowest BCUT2D eigenvalue weighted by atomic mass is 9.75. The smallest absolute Gasteiger partial charge is 0.255 e. The standard InChI is InChI=1S/C34H37N3O2/c1-22(2)28-21-20-23(3)29-31(28)35-36(32(29)25-14-8-5-9-15-25)34(38)30-24(4)39-37(27-18-12-7-13-19-27)33(30)26-16-10-6-11-17-26/h5-19,22-24,28,30,33H,20-21H2,1-4H3/t23-,24+,28-,30-,33+/m1/s1. The maximum atomic E-state index is 14.8. The van der Waals surface area contributed by atoms with Gasteiger partial charge in [-0.25, -0.2) is 5.06 Å². The molecule has 5 heteroatoms. The summed E-state index contributed by atoms with van der Waals surface area (Å²) < 4.78 is 1.74. The number of hydrogen-bond donors (Lipinski definition) is 0. The lowest BCUT2D eigenvalue weighted by Crippen LogP contribution is -2.33. The first-order valence-corrected chi connectivity index (χ1v) is 14.2. The molecule has 3 aromatic carbocycles. The van der Waals surface area contributed by atoms with Gasteiger partial charge in [0.25, 0.3) is 5.91 Å². The van der Waals surface area contributed by atoms with Crippen molar-refractivity contribution in [2.24, 2.45) is 11.8 Å². The second kappa shape index (κ2) is 10.5. The largest absolute Gasteiger partial charge is 0.272 e. The first-order chi connectivity index (χ1) is 19.0. The number of hydrogen-bond acceptors (Lipinski definition) is 4. The van der Waals surface area contributed by atoms with Crippen LogP contribution in [0.2, 0.25) is 0 Å². The minimum absolute atomic E-state index is 0.0160. The minimum atomic E-state index is -0.441. The average molecular weight is 520 g/mol. The van der Waals surface area contributed by atoms with Gasteiger partial charge in [-0.1, -0.05) is 99.6 Å². The van der Waals surface area contributed by atoms with E-state index in [0.29, 0.717) is 17.8 Å². The molecular weight excluding hydrogens is 482 g/mol. The van der Waals surface area contributed by atoms with Gasteiger partial charge in [0.15, 0.2) is 0 Å². The minimum Gasteiger partial charge on any atom is -0.272 e. The predicted octanol–water partition coefficient (Wildman–Crippen LogP) is 8.03. The van der Waals surface area contributed by atoms with Crippen molar-refractivity contribution in [3.8, 4) is 11.3 Å². The van der Waals surface area contributed by atoms with Crippen molar-refractivity contribution in [1.29, 1.82) is 0 Å². The van der Waals surface area contributed by atoms with Crippen molar-refractivity contribution in [2.75, 3.05) is 5.06 Å². The molecular formula is C34H37N3O2. The number of carbonyl (C=O) groups is 1. The van der Waals surface area contributed by atoms with E-state index in [9.17, 15) is 4.79 Å². The number of anilines is 1. The molecule has 2 aliphatic rings. The van der Waals surface area contributed by atoms with E-state index in [1.165, 1.54) is 5.56 Å². The molecule has 5 nitrogen and oxygen atoms in total. The van der Waals surface area contributed by atoms with Crippen LogP contribution >= 0.6 is 0 Å². The van der Waals surface area contributed by atoms with Gasteiger partial charge in [-0.2, -0.15) is 9.78 Å². The van der Waals surface area contributed by atoms with Crippen LogP contribution in [0.3, 0.4) is 0 Å². The van der Waals surface area contributed by atoms with Crippen LogP contribution in [0.4, 0.5) is 5.69 Å². The molecule has 0 saturated carbocycles. The molecule has 2 heterocycles. The topological polar surface area (TPSA) is 47.4 Å². The highest BCUT2D eigenvalue weighted by Gasteiger charge is 2.48. The summed E-state index contributed by atoms with van der Waals surface area (Å²) in [5, 5.41) is 7.10. The third-order valence-corrected chi connectivity index (χ3v) is 8.58. The first-order valence-electron chi connectivity index (χ1n) is 14.2.